The second kappa shape index (κ2) is 15.4. The van der Waals surface area contributed by atoms with Crippen molar-refractivity contribution in [2.75, 3.05) is 38.9 Å². The van der Waals surface area contributed by atoms with Crippen LogP contribution in [0.1, 0.15) is 67.2 Å². The van der Waals surface area contributed by atoms with E-state index in [4.69, 9.17) is 33.7 Å². The molecule has 0 saturated heterocycles. The van der Waals surface area contributed by atoms with Crippen LogP contribution in [0.5, 0.6) is 0 Å². The fourth-order valence-corrected chi connectivity index (χ4v) is 12.6. The Hall–Kier alpha value is 0.524. The van der Waals surface area contributed by atoms with Gasteiger partial charge in [0.15, 0.2) is 0 Å². The van der Waals surface area contributed by atoms with Crippen LogP contribution in [0, 0.1) is 0 Å². The standard InChI is InChI=1S/C18H41ClO5Si2/c1-7-20-25(21-8-2,17-15-13-12-14-16-19)18(6)26(22-9-3,23-10-4)24-11-5/h18H,7-17H2,1-6H3. The Balaban J connectivity index is 5.54. The molecule has 0 amide bonds. The van der Waals surface area contributed by atoms with Crippen molar-refractivity contribution in [2.24, 2.45) is 0 Å². The van der Waals surface area contributed by atoms with E-state index in [9.17, 15) is 0 Å². The summed E-state index contributed by atoms with van der Waals surface area (Å²) in [5.74, 6) is 0.727. The Morgan fingerprint density at radius 2 is 1.08 bits per heavy atom. The van der Waals surface area contributed by atoms with E-state index in [1.54, 1.807) is 0 Å². The number of halogens is 1. The Bertz CT molecular complexity index is 314. The van der Waals surface area contributed by atoms with Crippen molar-refractivity contribution >= 4 is 29.0 Å². The molecule has 26 heavy (non-hydrogen) atoms. The van der Waals surface area contributed by atoms with Crippen LogP contribution in [0.3, 0.4) is 0 Å². The van der Waals surface area contributed by atoms with E-state index < -0.39 is 17.4 Å². The lowest BCUT2D eigenvalue weighted by Gasteiger charge is -2.42. The van der Waals surface area contributed by atoms with Gasteiger partial charge in [-0.25, -0.2) is 0 Å². The number of hydrogen-bond donors (Lipinski definition) is 0. The Morgan fingerprint density at radius 3 is 1.46 bits per heavy atom. The summed E-state index contributed by atoms with van der Waals surface area (Å²) in [6.07, 6.45) is 4.42. The minimum Gasteiger partial charge on any atom is -0.394 e. The zero-order chi connectivity index (χ0) is 19.9. The molecular weight excluding hydrogens is 388 g/mol. The lowest BCUT2D eigenvalue weighted by Crippen LogP contribution is -2.61. The van der Waals surface area contributed by atoms with Crippen LogP contribution in [0.25, 0.3) is 0 Å². The van der Waals surface area contributed by atoms with Crippen LogP contribution in [0.15, 0.2) is 0 Å². The number of rotatable bonds is 18. The quantitative estimate of drug-likeness (QED) is 0.169. The summed E-state index contributed by atoms with van der Waals surface area (Å²) < 4.78 is 31.2. The van der Waals surface area contributed by atoms with Gasteiger partial charge >= 0.3 is 17.4 Å². The lowest BCUT2D eigenvalue weighted by atomic mass is 10.2. The van der Waals surface area contributed by atoms with Gasteiger partial charge in [0, 0.05) is 38.9 Å². The molecule has 0 aromatic heterocycles. The molecule has 0 heterocycles. The highest BCUT2D eigenvalue weighted by Gasteiger charge is 2.60. The molecule has 0 N–H and O–H groups in total. The highest BCUT2D eigenvalue weighted by atomic mass is 35.5. The van der Waals surface area contributed by atoms with Gasteiger partial charge < -0.3 is 22.1 Å². The molecule has 0 aliphatic carbocycles. The summed E-state index contributed by atoms with van der Waals surface area (Å²) >= 11 is 5.80. The molecule has 1 atom stereocenters. The topological polar surface area (TPSA) is 46.2 Å². The van der Waals surface area contributed by atoms with Crippen LogP contribution in [0.2, 0.25) is 11.2 Å². The maximum Gasteiger partial charge on any atom is 0.505 e. The van der Waals surface area contributed by atoms with Gasteiger partial charge in [0.2, 0.25) is 0 Å². The summed E-state index contributed by atoms with van der Waals surface area (Å²) in [6.45, 7) is 15.1. The Labute approximate surface area is 168 Å². The van der Waals surface area contributed by atoms with E-state index in [0.717, 1.165) is 37.6 Å². The lowest BCUT2D eigenvalue weighted by molar-refractivity contribution is 0.0608. The normalized spacial score (nSPS) is 14.0. The van der Waals surface area contributed by atoms with E-state index in [2.05, 4.69) is 6.92 Å². The van der Waals surface area contributed by atoms with Gasteiger partial charge in [-0.3, -0.25) is 0 Å². The number of hydrogen-bond acceptors (Lipinski definition) is 5. The molecule has 0 aromatic rings. The predicted octanol–water partition coefficient (Wildman–Crippen LogP) is 5.28. The molecule has 0 aliphatic rings. The molecule has 0 aliphatic heterocycles. The highest BCUT2D eigenvalue weighted by molar-refractivity contribution is 6.85. The van der Waals surface area contributed by atoms with Gasteiger partial charge in [-0.1, -0.05) is 26.2 Å². The van der Waals surface area contributed by atoms with Crippen LogP contribution in [-0.4, -0.2) is 56.3 Å². The molecule has 0 aromatic carbocycles. The smallest absolute Gasteiger partial charge is 0.394 e. The van der Waals surface area contributed by atoms with Gasteiger partial charge in [0.1, 0.15) is 0 Å². The number of unbranched alkanes of at least 4 members (excludes halogenated alkanes) is 3. The molecule has 1 unspecified atom stereocenters. The summed E-state index contributed by atoms with van der Waals surface area (Å²) in [5.41, 5.74) is 0. The maximum atomic E-state index is 6.37. The Morgan fingerprint density at radius 1 is 0.654 bits per heavy atom. The van der Waals surface area contributed by atoms with Gasteiger partial charge in [0.25, 0.3) is 0 Å². The largest absolute Gasteiger partial charge is 0.505 e. The second-order valence-corrected chi connectivity index (χ2v) is 13.6. The van der Waals surface area contributed by atoms with Crippen molar-refractivity contribution in [2.45, 2.75) is 78.4 Å². The molecule has 0 bridgehead atoms. The van der Waals surface area contributed by atoms with E-state index >= 15 is 0 Å². The minimum absolute atomic E-state index is 0.0165. The third-order valence-corrected chi connectivity index (χ3v) is 14.1. The molecule has 0 rings (SSSR count). The van der Waals surface area contributed by atoms with Crippen molar-refractivity contribution in [1.29, 1.82) is 0 Å². The monoisotopic (exact) mass is 428 g/mol. The molecule has 8 heteroatoms. The van der Waals surface area contributed by atoms with Crippen LogP contribution in [0.4, 0.5) is 0 Å². The van der Waals surface area contributed by atoms with Crippen LogP contribution in [-0.2, 0) is 22.1 Å². The molecule has 0 spiro atoms. The third-order valence-electron chi connectivity index (χ3n) is 4.41. The first-order valence-electron chi connectivity index (χ1n) is 10.3. The minimum atomic E-state index is -2.89. The van der Waals surface area contributed by atoms with Gasteiger partial charge in [-0.2, -0.15) is 0 Å². The van der Waals surface area contributed by atoms with Crippen molar-refractivity contribution in [3.05, 3.63) is 0 Å². The average molecular weight is 429 g/mol. The first kappa shape index (κ1) is 26.5. The summed E-state index contributed by atoms with van der Waals surface area (Å²) in [6, 6.07) is 0.931. The van der Waals surface area contributed by atoms with Gasteiger partial charge in [-0.15, -0.1) is 11.6 Å². The zero-order valence-corrected chi connectivity index (χ0v) is 20.5. The summed E-state index contributed by atoms with van der Waals surface area (Å²) in [7, 11) is -5.45. The maximum absolute atomic E-state index is 6.37. The predicted molar refractivity (Wildman–Crippen MR) is 113 cm³/mol. The molecule has 0 saturated carbocycles. The molecule has 0 fully saturated rings. The van der Waals surface area contributed by atoms with Gasteiger partial charge in [-0.05, 0) is 47.1 Å². The number of alkyl halides is 1. The summed E-state index contributed by atoms with van der Waals surface area (Å²) in [5, 5.41) is 0.0165. The van der Waals surface area contributed by atoms with Crippen molar-refractivity contribution < 1.29 is 22.1 Å². The molecule has 158 valence electrons. The first-order valence-corrected chi connectivity index (χ1v) is 14.7. The fourth-order valence-electron chi connectivity index (χ4n) is 3.33. The van der Waals surface area contributed by atoms with Crippen LogP contribution < -0.4 is 0 Å². The van der Waals surface area contributed by atoms with E-state index in [0.29, 0.717) is 33.0 Å². The van der Waals surface area contributed by atoms with E-state index in [1.807, 2.05) is 34.6 Å². The molecule has 5 nitrogen and oxygen atoms in total. The van der Waals surface area contributed by atoms with Gasteiger partial charge in [0.05, 0.1) is 5.16 Å². The van der Waals surface area contributed by atoms with Crippen molar-refractivity contribution in [3.63, 3.8) is 0 Å². The highest BCUT2D eigenvalue weighted by Crippen LogP contribution is 2.39. The fraction of sp³-hybridized carbons (Fsp3) is 1.00. The Kier molecular flexibility index (Phi) is 15.8. The van der Waals surface area contributed by atoms with E-state index in [1.165, 1.54) is 0 Å². The van der Waals surface area contributed by atoms with Crippen molar-refractivity contribution in [3.8, 4) is 0 Å². The second-order valence-electron chi connectivity index (χ2n) is 6.16. The molecule has 0 radical (unpaired) electrons. The third kappa shape index (κ3) is 8.26. The SMILES string of the molecule is CCO[Si](CCCCCCCl)(OCC)C(C)[Si](OCC)(OCC)OCC. The molecular formula is C18H41ClO5Si2. The van der Waals surface area contributed by atoms with Crippen LogP contribution >= 0.6 is 11.6 Å². The van der Waals surface area contributed by atoms with E-state index in [-0.39, 0.29) is 5.16 Å². The summed E-state index contributed by atoms with van der Waals surface area (Å²) in [4.78, 5) is 0. The first-order chi connectivity index (χ1) is 12.5. The zero-order valence-electron chi connectivity index (χ0n) is 17.8. The average Bonchev–Trinajstić information content (AvgIpc) is 2.61. The van der Waals surface area contributed by atoms with Crippen molar-refractivity contribution in [1.82, 2.24) is 0 Å².